The molecule has 0 unspecified atom stereocenters. The van der Waals surface area contributed by atoms with Crippen molar-refractivity contribution in [3.05, 3.63) is 51.7 Å². The van der Waals surface area contributed by atoms with E-state index in [-0.39, 0.29) is 22.6 Å². The van der Waals surface area contributed by atoms with Gasteiger partial charge in [-0.1, -0.05) is 34.8 Å². The second-order valence-corrected chi connectivity index (χ2v) is 8.43. The van der Waals surface area contributed by atoms with Crippen LogP contribution < -0.4 is 4.74 Å². The number of rotatable bonds is 4. The van der Waals surface area contributed by atoms with E-state index in [1.54, 1.807) is 18.3 Å². The van der Waals surface area contributed by atoms with Crippen LogP contribution in [0.2, 0.25) is 15.1 Å². The molecule has 1 saturated heterocycles. The Labute approximate surface area is 155 Å². The second kappa shape index (κ2) is 7.06. The lowest BCUT2D eigenvalue weighted by atomic mass is 10.3. The highest BCUT2D eigenvalue weighted by Gasteiger charge is 2.35. The number of halogens is 3. The van der Waals surface area contributed by atoms with Crippen LogP contribution in [0.5, 0.6) is 5.75 Å². The molecule has 0 saturated carbocycles. The summed E-state index contributed by atoms with van der Waals surface area (Å²) in [6.45, 7) is 0.544. The van der Waals surface area contributed by atoms with Gasteiger partial charge in [0.05, 0.1) is 11.6 Å². The monoisotopic (exact) mass is 406 g/mol. The van der Waals surface area contributed by atoms with Crippen molar-refractivity contribution in [3.8, 4) is 5.75 Å². The van der Waals surface area contributed by atoms with E-state index < -0.39 is 10.0 Å². The molecule has 24 heavy (non-hydrogen) atoms. The molecular formula is C15H13Cl3N2O3S. The molecule has 1 atom stereocenters. The zero-order valence-electron chi connectivity index (χ0n) is 12.3. The van der Waals surface area contributed by atoms with Gasteiger partial charge in [0.1, 0.15) is 21.8 Å². The van der Waals surface area contributed by atoms with Crippen LogP contribution >= 0.6 is 34.8 Å². The Balaban J connectivity index is 1.77. The molecule has 1 aromatic heterocycles. The molecule has 128 valence electrons. The molecule has 0 bridgehead atoms. The predicted molar refractivity (Wildman–Crippen MR) is 93.5 cm³/mol. The Bertz CT molecular complexity index is 861. The molecule has 0 spiro atoms. The molecule has 1 aromatic carbocycles. The maximum absolute atomic E-state index is 12.8. The van der Waals surface area contributed by atoms with Crippen molar-refractivity contribution in [3.63, 3.8) is 0 Å². The van der Waals surface area contributed by atoms with E-state index in [1.807, 2.05) is 0 Å². The first-order valence-electron chi connectivity index (χ1n) is 7.09. The van der Waals surface area contributed by atoms with Crippen LogP contribution in [0.3, 0.4) is 0 Å². The fourth-order valence-electron chi connectivity index (χ4n) is 2.46. The number of benzene rings is 1. The maximum atomic E-state index is 12.8. The van der Waals surface area contributed by atoms with E-state index in [9.17, 15) is 8.42 Å². The van der Waals surface area contributed by atoms with Crippen LogP contribution in [0.4, 0.5) is 0 Å². The van der Waals surface area contributed by atoms with Crippen LogP contribution in [0.15, 0.2) is 41.6 Å². The summed E-state index contributed by atoms with van der Waals surface area (Å²) in [5.41, 5.74) is 0. The van der Waals surface area contributed by atoms with Gasteiger partial charge in [0, 0.05) is 30.0 Å². The van der Waals surface area contributed by atoms with Gasteiger partial charge in [-0.05, 0) is 24.6 Å². The summed E-state index contributed by atoms with van der Waals surface area (Å²) in [6, 6.07) is 6.02. The molecule has 2 heterocycles. The molecule has 0 N–H and O–H groups in total. The maximum Gasteiger partial charge on any atom is 0.244 e. The van der Waals surface area contributed by atoms with E-state index in [4.69, 9.17) is 39.5 Å². The first-order chi connectivity index (χ1) is 11.4. The average molecular weight is 408 g/mol. The Kier molecular flexibility index (Phi) is 5.22. The van der Waals surface area contributed by atoms with Gasteiger partial charge < -0.3 is 4.74 Å². The van der Waals surface area contributed by atoms with E-state index in [0.29, 0.717) is 28.8 Å². The third-order valence-corrected chi connectivity index (χ3v) is 6.51. The van der Waals surface area contributed by atoms with Gasteiger partial charge in [0.15, 0.2) is 0 Å². The number of nitrogens with zero attached hydrogens (tertiary/aromatic N) is 2. The number of hydrogen-bond donors (Lipinski definition) is 0. The molecule has 1 aliphatic rings. The minimum absolute atomic E-state index is 0.000685. The van der Waals surface area contributed by atoms with Gasteiger partial charge in [0.25, 0.3) is 0 Å². The Morgan fingerprint density at radius 3 is 2.71 bits per heavy atom. The Morgan fingerprint density at radius 1 is 1.17 bits per heavy atom. The largest absolute Gasteiger partial charge is 0.487 e. The van der Waals surface area contributed by atoms with Crippen molar-refractivity contribution in [2.75, 3.05) is 13.1 Å². The average Bonchev–Trinajstić information content (AvgIpc) is 3.01. The predicted octanol–water partition coefficient (Wildman–Crippen LogP) is 3.88. The van der Waals surface area contributed by atoms with Crippen molar-refractivity contribution in [1.82, 2.24) is 9.29 Å². The van der Waals surface area contributed by atoms with Gasteiger partial charge in [0.2, 0.25) is 10.0 Å². The van der Waals surface area contributed by atoms with Crippen LogP contribution in [-0.4, -0.2) is 36.9 Å². The zero-order valence-corrected chi connectivity index (χ0v) is 15.4. The minimum atomic E-state index is -3.74. The van der Waals surface area contributed by atoms with E-state index in [1.165, 1.54) is 22.6 Å². The molecule has 3 rings (SSSR count). The van der Waals surface area contributed by atoms with Crippen molar-refractivity contribution in [2.24, 2.45) is 0 Å². The van der Waals surface area contributed by atoms with Crippen molar-refractivity contribution < 1.29 is 13.2 Å². The highest BCUT2D eigenvalue weighted by molar-refractivity contribution is 7.89. The van der Waals surface area contributed by atoms with Crippen molar-refractivity contribution >= 4 is 44.8 Å². The SMILES string of the molecule is O=S(=O)(c1cc(Cl)ccc1Cl)N1CC[C@@H](Oc2ccncc2Cl)C1. The molecule has 0 amide bonds. The first-order valence-corrected chi connectivity index (χ1v) is 9.66. The molecule has 2 aromatic rings. The van der Waals surface area contributed by atoms with E-state index in [2.05, 4.69) is 4.98 Å². The number of ether oxygens (including phenoxy) is 1. The van der Waals surface area contributed by atoms with Gasteiger partial charge >= 0.3 is 0 Å². The number of pyridine rings is 1. The topological polar surface area (TPSA) is 59.5 Å². The molecule has 9 heteroatoms. The summed E-state index contributed by atoms with van der Waals surface area (Å²) < 4.78 is 32.6. The highest BCUT2D eigenvalue weighted by Crippen LogP contribution is 2.31. The fraction of sp³-hybridized carbons (Fsp3) is 0.267. The zero-order chi connectivity index (χ0) is 17.3. The fourth-order valence-corrected chi connectivity index (χ4v) is 4.85. The van der Waals surface area contributed by atoms with Crippen molar-refractivity contribution in [2.45, 2.75) is 17.4 Å². The highest BCUT2D eigenvalue weighted by atomic mass is 35.5. The quantitative estimate of drug-likeness (QED) is 0.771. The van der Waals surface area contributed by atoms with E-state index in [0.717, 1.165) is 0 Å². The summed E-state index contributed by atoms with van der Waals surface area (Å²) in [6.07, 6.45) is 3.30. The third-order valence-electron chi connectivity index (χ3n) is 3.65. The second-order valence-electron chi connectivity index (χ2n) is 5.27. The minimum Gasteiger partial charge on any atom is -0.487 e. The number of hydrogen-bond acceptors (Lipinski definition) is 4. The molecular weight excluding hydrogens is 395 g/mol. The van der Waals surface area contributed by atoms with Crippen LogP contribution in [0.25, 0.3) is 0 Å². The van der Waals surface area contributed by atoms with Gasteiger partial charge in [-0.3, -0.25) is 4.98 Å². The Morgan fingerprint density at radius 2 is 1.96 bits per heavy atom. The van der Waals surface area contributed by atoms with Crippen LogP contribution in [-0.2, 0) is 10.0 Å². The molecule has 5 nitrogen and oxygen atoms in total. The number of aromatic nitrogens is 1. The van der Waals surface area contributed by atoms with Crippen LogP contribution in [0, 0.1) is 0 Å². The molecule has 1 aliphatic heterocycles. The first kappa shape index (κ1) is 17.8. The number of sulfonamides is 1. The summed E-state index contributed by atoms with van der Waals surface area (Å²) in [5, 5.41) is 0.839. The van der Waals surface area contributed by atoms with Gasteiger partial charge in [-0.2, -0.15) is 4.31 Å². The van der Waals surface area contributed by atoms with Gasteiger partial charge in [-0.25, -0.2) is 8.42 Å². The summed E-state index contributed by atoms with van der Waals surface area (Å²) >= 11 is 17.9. The van der Waals surface area contributed by atoms with E-state index >= 15 is 0 Å². The van der Waals surface area contributed by atoms with Crippen LogP contribution in [0.1, 0.15) is 6.42 Å². The molecule has 1 fully saturated rings. The lowest BCUT2D eigenvalue weighted by Gasteiger charge is -2.18. The molecule has 0 aliphatic carbocycles. The third kappa shape index (κ3) is 3.63. The standard InChI is InChI=1S/C15H13Cl3N2O3S/c16-10-1-2-12(17)15(7-10)24(21,22)20-6-4-11(9-20)23-14-3-5-19-8-13(14)18/h1-3,5,7-8,11H,4,6,9H2/t11-/m1/s1. The van der Waals surface area contributed by atoms with Gasteiger partial charge in [-0.15, -0.1) is 0 Å². The Hall–Kier alpha value is -1.05. The normalized spacial score (nSPS) is 18.7. The summed E-state index contributed by atoms with van der Waals surface area (Å²) in [7, 11) is -3.74. The summed E-state index contributed by atoms with van der Waals surface area (Å²) in [4.78, 5) is 3.89. The lowest BCUT2D eigenvalue weighted by molar-refractivity contribution is 0.215. The molecule has 0 radical (unpaired) electrons. The lowest BCUT2D eigenvalue weighted by Crippen LogP contribution is -2.31. The summed E-state index contributed by atoms with van der Waals surface area (Å²) in [5.74, 6) is 0.483. The van der Waals surface area contributed by atoms with Crippen molar-refractivity contribution in [1.29, 1.82) is 0 Å². The smallest absolute Gasteiger partial charge is 0.244 e.